The average molecular weight is 312 g/mol. The van der Waals surface area contributed by atoms with Gasteiger partial charge in [0.1, 0.15) is 0 Å². The lowest BCUT2D eigenvalue weighted by Gasteiger charge is -2.49. The first-order valence-electron chi connectivity index (χ1n) is 7.82. The van der Waals surface area contributed by atoms with Crippen molar-refractivity contribution in [2.24, 2.45) is 5.92 Å². The van der Waals surface area contributed by atoms with Crippen LogP contribution in [0.15, 0.2) is 18.2 Å². The molecule has 0 aliphatic heterocycles. The van der Waals surface area contributed by atoms with E-state index >= 15 is 0 Å². The summed E-state index contributed by atoms with van der Waals surface area (Å²) in [5.74, 6) is 0.868. The van der Waals surface area contributed by atoms with Gasteiger partial charge in [-0.25, -0.2) is 0 Å². The summed E-state index contributed by atoms with van der Waals surface area (Å²) in [6.07, 6.45) is 7.83. The summed E-state index contributed by atoms with van der Waals surface area (Å²) in [6.45, 7) is 3.34. The normalized spacial score (nSPS) is 29.2. The van der Waals surface area contributed by atoms with E-state index in [1.54, 1.807) is 0 Å². The number of benzene rings is 1. The van der Waals surface area contributed by atoms with Gasteiger partial charge < -0.3 is 5.32 Å². The van der Waals surface area contributed by atoms with Crippen LogP contribution in [-0.4, -0.2) is 12.6 Å². The lowest BCUT2D eigenvalue weighted by Crippen LogP contribution is -2.49. The molecule has 2 fully saturated rings. The van der Waals surface area contributed by atoms with Gasteiger partial charge in [-0.15, -0.1) is 0 Å². The molecule has 110 valence electrons. The van der Waals surface area contributed by atoms with Crippen LogP contribution in [0.2, 0.25) is 10.0 Å². The van der Waals surface area contributed by atoms with Crippen molar-refractivity contribution in [1.82, 2.24) is 5.32 Å². The molecule has 3 heteroatoms. The lowest BCUT2D eigenvalue weighted by molar-refractivity contribution is 0.128. The summed E-state index contributed by atoms with van der Waals surface area (Å²) in [5, 5.41) is 5.28. The highest BCUT2D eigenvalue weighted by atomic mass is 35.5. The lowest BCUT2D eigenvalue weighted by atomic mass is 9.57. The summed E-state index contributed by atoms with van der Waals surface area (Å²) in [5.41, 5.74) is 1.54. The molecule has 0 atom stereocenters. The molecule has 2 aliphatic rings. The molecule has 1 aromatic rings. The fourth-order valence-corrected chi connectivity index (χ4v) is 4.27. The molecule has 0 aromatic heterocycles. The second-order valence-electron chi connectivity index (χ2n) is 6.62. The maximum absolute atomic E-state index is 6.47. The Morgan fingerprint density at radius 3 is 2.60 bits per heavy atom. The molecule has 0 radical (unpaired) electrons. The van der Waals surface area contributed by atoms with Crippen molar-refractivity contribution in [2.45, 2.75) is 56.9 Å². The maximum atomic E-state index is 6.47. The molecule has 1 nitrogen and oxygen atoms in total. The van der Waals surface area contributed by atoms with E-state index < -0.39 is 0 Å². The summed E-state index contributed by atoms with van der Waals surface area (Å²) in [7, 11) is 0. The number of halogens is 2. The van der Waals surface area contributed by atoms with Crippen molar-refractivity contribution in [1.29, 1.82) is 0 Å². The van der Waals surface area contributed by atoms with E-state index in [0.29, 0.717) is 0 Å². The van der Waals surface area contributed by atoms with E-state index in [0.717, 1.165) is 28.5 Å². The first-order valence-corrected chi connectivity index (χ1v) is 8.57. The second-order valence-corrected chi connectivity index (χ2v) is 7.47. The van der Waals surface area contributed by atoms with Gasteiger partial charge in [0.2, 0.25) is 0 Å². The van der Waals surface area contributed by atoms with Gasteiger partial charge in [-0.05, 0) is 49.3 Å². The van der Waals surface area contributed by atoms with Crippen LogP contribution in [-0.2, 0) is 5.41 Å². The van der Waals surface area contributed by atoms with Crippen molar-refractivity contribution in [3.63, 3.8) is 0 Å². The zero-order valence-electron chi connectivity index (χ0n) is 12.1. The molecule has 0 amide bonds. The smallest absolute Gasteiger partial charge is 0.0458 e. The van der Waals surface area contributed by atoms with E-state index in [2.05, 4.69) is 18.3 Å². The van der Waals surface area contributed by atoms with Gasteiger partial charge in [0.15, 0.2) is 0 Å². The van der Waals surface area contributed by atoms with E-state index in [9.17, 15) is 0 Å². The monoisotopic (exact) mass is 311 g/mol. The Bertz CT molecular complexity index is 476. The van der Waals surface area contributed by atoms with Crippen LogP contribution in [0.5, 0.6) is 0 Å². The molecule has 0 spiro atoms. The number of hydrogen-bond donors (Lipinski definition) is 1. The zero-order valence-corrected chi connectivity index (χ0v) is 13.6. The Morgan fingerprint density at radius 1 is 1.25 bits per heavy atom. The molecule has 0 unspecified atom stereocenters. The van der Waals surface area contributed by atoms with E-state index in [1.165, 1.54) is 44.1 Å². The van der Waals surface area contributed by atoms with Crippen molar-refractivity contribution in [3.05, 3.63) is 33.8 Å². The van der Waals surface area contributed by atoms with E-state index in [-0.39, 0.29) is 5.41 Å². The first-order chi connectivity index (χ1) is 9.63. The quantitative estimate of drug-likeness (QED) is 0.762. The highest BCUT2D eigenvalue weighted by molar-refractivity contribution is 6.35. The molecular formula is C17H23Cl2N. The Morgan fingerprint density at radius 2 is 2.00 bits per heavy atom. The minimum Gasteiger partial charge on any atom is -0.313 e. The third-order valence-corrected chi connectivity index (χ3v) is 5.41. The Balaban J connectivity index is 1.77. The Labute approximate surface area is 132 Å². The standard InChI is InChI=1S/C17H23Cl2N/c1-2-3-12-9-17(10-12,11-20-14-5-6-14)15-7-4-13(18)8-16(15)19/h4,7-8,12,14,20H,2-3,5-6,9-11H2,1H3. The number of nitrogens with one attached hydrogen (secondary N) is 1. The second kappa shape index (κ2) is 5.87. The molecule has 2 aliphatic carbocycles. The molecule has 1 N–H and O–H groups in total. The molecule has 3 rings (SSSR count). The summed E-state index contributed by atoms with van der Waals surface area (Å²) < 4.78 is 0. The topological polar surface area (TPSA) is 12.0 Å². The van der Waals surface area contributed by atoms with Crippen LogP contribution in [0.1, 0.15) is 51.0 Å². The minimum absolute atomic E-state index is 0.240. The maximum Gasteiger partial charge on any atom is 0.0458 e. The van der Waals surface area contributed by atoms with Crippen LogP contribution in [0.25, 0.3) is 0 Å². The Hall–Kier alpha value is -0.240. The van der Waals surface area contributed by atoms with Gasteiger partial charge in [0.05, 0.1) is 0 Å². The number of rotatable bonds is 6. The van der Waals surface area contributed by atoms with Gasteiger partial charge in [0, 0.05) is 28.0 Å². The van der Waals surface area contributed by atoms with Gasteiger partial charge in [0.25, 0.3) is 0 Å². The fourth-order valence-electron chi connectivity index (χ4n) is 3.66. The highest BCUT2D eigenvalue weighted by Crippen LogP contribution is 2.51. The van der Waals surface area contributed by atoms with Crippen LogP contribution in [0.3, 0.4) is 0 Å². The van der Waals surface area contributed by atoms with Crippen LogP contribution >= 0.6 is 23.2 Å². The molecule has 2 saturated carbocycles. The highest BCUT2D eigenvalue weighted by Gasteiger charge is 2.46. The summed E-state index contributed by atoms with van der Waals surface area (Å²) in [6, 6.07) is 6.77. The SMILES string of the molecule is CCCC1CC(CNC2CC2)(c2ccc(Cl)cc2Cl)C1. The van der Waals surface area contributed by atoms with Crippen molar-refractivity contribution in [2.75, 3.05) is 6.54 Å². The first kappa shape index (κ1) is 14.7. The van der Waals surface area contributed by atoms with Crippen LogP contribution in [0.4, 0.5) is 0 Å². The number of hydrogen-bond acceptors (Lipinski definition) is 1. The molecule has 0 heterocycles. The van der Waals surface area contributed by atoms with E-state index in [4.69, 9.17) is 23.2 Å². The summed E-state index contributed by atoms with van der Waals surface area (Å²) >= 11 is 12.5. The Kier molecular flexibility index (Phi) is 4.31. The molecule has 1 aromatic carbocycles. The van der Waals surface area contributed by atoms with Gasteiger partial charge >= 0.3 is 0 Å². The van der Waals surface area contributed by atoms with Gasteiger partial charge in [-0.2, -0.15) is 0 Å². The van der Waals surface area contributed by atoms with Gasteiger partial charge in [-0.3, -0.25) is 0 Å². The average Bonchev–Trinajstić information content (AvgIpc) is 3.17. The van der Waals surface area contributed by atoms with Crippen LogP contribution < -0.4 is 5.32 Å². The molecule has 20 heavy (non-hydrogen) atoms. The van der Waals surface area contributed by atoms with Crippen molar-refractivity contribution < 1.29 is 0 Å². The third kappa shape index (κ3) is 3.00. The van der Waals surface area contributed by atoms with Crippen LogP contribution in [0, 0.1) is 5.92 Å². The third-order valence-electron chi connectivity index (χ3n) is 4.86. The predicted octanol–water partition coefficient (Wildman–Crippen LogP) is 5.19. The zero-order chi connectivity index (χ0) is 14.2. The fraction of sp³-hybridized carbons (Fsp3) is 0.647. The van der Waals surface area contributed by atoms with Gasteiger partial charge in [-0.1, -0.05) is 49.0 Å². The predicted molar refractivity (Wildman–Crippen MR) is 86.8 cm³/mol. The molecule has 0 saturated heterocycles. The van der Waals surface area contributed by atoms with E-state index in [1.807, 2.05) is 12.1 Å². The summed E-state index contributed by atoms with van der Waals surface area (Å²) in [4.78, 5) is 0. The molecular weight excluding hydrogens is 289 g/mol. The largest absolute Gasteiger partial charge is 0.313 e. The van der Waals surface area contributed by atoms with Crippen molar-refractivity contribution >= 4 is 23.2 Å². The van der Waals surface area contributed by atoms with Crippen molar-refractivity contribution in [3.8, 4) is 0 Å². The minimum atomic E-state index is 0.240. The molecule has 0 bridgehead atoms.